The van der Waals surface area contributed by atoms with Gasteiger partial charge in [0, 0.05) is 24.4 Å². The van der Waals surface area contributed by atoms with Crippen LogP contribution in [0.5, 0.6) is 11.6 Å². The van der Waals surface area contributed by atoms with Crippen LogP contribution in [0.2, 0.25) is 0 Å². The topological polar surface area (TPSA) is 148 Å². The average molecular weight is 499 g/mol. The molecule has 2 saturated heterocycles. The van der Waals surface area contributed by atoms with Crippen LogP contribution >= 0.6 is 0 Å². The highest BCUT2D eigenvalue weighted by Gasteiger charge is 2.57. The maximum Gasteiger partial charge on any atom is 0.328 e. The minimum absolute atomic E-state index is 0.191. The van der Waals surface area contributed by atoms with Crippen molar-refractivity contribution < 1.29 is 23.9 Å². The van der Waals surface area contributed by atoms with E-state index in [0.717, 1.165) is 11.3 Å². The number of ether oxygens (including phenoxy) is 2. The molecular formula is C25H21N7O5. The third-order valence-corrected chi connectivity index (χ3v) is 6.53. The van der Waals surface area contributed by atoms with E-state index in [4.69, 9.17) is 9.47 Å². The summed E-state index contributed by atoms with van der Waals surface area (Å²) in [6, 6.07) is 13.3. The van der Waals surface area contributed by atoms with Gasteiger partial charge < -0.3 is 14.4 Å². The third-order valence-electron chi connectivity index (χ3n) is 6.53. The van der Waals surface area contributed by atoms with E-state index in [2.05, 4.69) is 30.8 Å². The van der Waals surface area contributed by atoms with Crippen molar-refractivity contribution in [2.24, 2.45) is 4.99 Å². The Balaban J connectivity index is 1.14. The fourth-order valence-electron chi connectivity index (χ4n) is 4.74. The number of urea groups is 1. The zero-order valence-electron chi connectivity index (χ0n) is 19.5. The van der Waals surface area contributed by atoms with Gasteiger partial charge in [-0.05, 0) is 55.3 Å². The first-order valence-electron chi connectivity index (χ1n) is 11.7. The number of hydrogen-bond acceptors (Lipinski definition) is 10. The molecule has 0 radical (unpaired) electrons. The van der Waals surface area contributed by atoms with E-state index in [1.54, 1.807) is 41.6 Å². The third kappa shape index (κ3) is 4.01. The van der Waals surface area contributed by atoms with Crippen LogP contribution in [0.4, 0.5) is 10.5 Å². The van der Waals surface area contributed by atoms with Crippen molar-refractivity contribution in [2.75, 3.05) is 18.1 Å². The predicted octanol–water partition coefficient (Wildman–Crippen LogP) is 1.89. The number of aromatic nitrogens is 3. The second-order valence-electron chi connectivity index (χ2n) is 8.74. The molecule has 1 unspecified atom stereocenters. The Kier molecular flexibility index (Phi) is 5.48. The van der Waals surface area contributed by atoms with Gasteiger partial charge >= 0.3 is 6.03 Å². The molecule has 12 nitrogen and oxygen atoms in total. The molecule has 1 atom stereocenters. The molecule has 0 saturated carbocycles. The zero-order chi connectivity index (χ0) is 25.4. The number of nitrogens with zero attached hydrogens (tertiary/aromatic N) is 5. The summed E-state index contributed by atoms with van der Waals surface area (Å²) in [5.74, 6) is 0.183. The summed E-state index contributed by atoms with van der Waals surface area (Å²) >= 11 is 0. The van der Waals surface area contributed by atoms with Gasteiger partial charge in [-0.25, -0.2) is 14.8 Å². The molecule has 0 bridgehead atoms. The number of amides is 4. The lowest BCUT2D eigenvalue weighted by Crippen LogP contribution is -2.71. The van der Waals surface area contributed by atoms with Crippen molar-refractivity contribution in [1.29, 1.82) is 0 Å². The maximum absolute atomic E-state index is 12.6. The average Bonchev–Trinajstić information content (AvgIpc) is 3.58. The van der Waals surface area contributed by atoms with Crippen molar-refractivity contribution in [3.63, 3.8) is 0 Å². The van der Waals surface area contributed by atoms with Gasteiger partial charge in [0.15, 0.2) is 5.54 Å². The van der Waals surface area contributed by atoms with E-state index in [0.29, 0.717) is 49.2 Å². The normalized spacial score (nSPS) is 20.3. The fraction of sp³-hybridized carbons (Fsp3) is 0.240. The minimum Gasteiger partial charge on any atom is -0.475 e. The Labute approximate surface area is 210 Å². The lowest BCUT2D eigenvalue weighted by atomic mass is 9.92. The summed E-state index contributed by atoms with van der Waals surface area (Å²) in [5.41, 5.74) is 0.674. The second kappa shape index (κ2) is 8.97. The molecule has 5 heterocycles. The van der Waals surface area contributed by atoms with Gasteiger partial charge in [0.1, 0.15) is 18.4 Å². The van der Waals surface area contributed by atoms with Crippen LogP contribution in [0.3, 0.4) is 0 Å². The molecule has 186 valence electrons. The standard InChI is InChI=1S/C25H21N7O5/c33-22-25(23(34)30-24(35)29-22)10-2-12-32(25)16-6-9-20(26-13-16)37-17-7-4-15(5-8-17)21-28-19(14-36-21)18-3-1-11-27-31-18/h1,3-9,11,13,19H,2,10,12,14H2,(H2,29,30,33,34,35). The molecule has 2 aromatic heterocycles. The van der Waals surface area contributed by atoms with Gasteiger partial charge in [-0.1, -0.05) is 0 Å². The summed E-state index contributed by atoms with van der Waals surface area (Å²) in [6.07, 6.45) is 4.08. The first kappa shape index (κ1) is 22.6. The predicted molar refractivity (Wildman–Crippen MR) is 129 cm³/mol. The minimum atomic E-state index is -1.47. The Morgan fingerprint density at radius 1 is 1.03 bits per heavy atom. The number of pyridine rings is 1. The molecule has 1 spiro atoms. The number of rotatable bonds is 5. The monoisotopic (exact) mass is 499 g/mol. The lowest BCUT2D eigenvalue weighted by Gasteiger charge is -2.38. The van der Waals surface area contributed by atoms with Gasteiger partial charge in [-0.15, -0.1) is 0 Å². The molecule has 12 heteroatoms. The van der Waals surface area contributed by atoms with Gasteiger partial charge in [-0.3, -0.25) is 20.2 Å². The Bertz CT molecular complexity index is 1370. The number of imide groups is 2. The quantitative estimate of drug-likeness (QED) is 0.502. The molecule has 1 aromatic carbocycles. The molecule has 2 fully saturated rings. The van der Waals surface area contributed by atoms with Crippen molar-refractivity contribution >= 4 is 29.4 Å². The molecule has 0 aliphatic carbocycles. The van der Waals surface area contributed by atoms with Gasteiger partial charge in [0.25, 0.3) is 11.8 Å². The van der Waals surface area contributed by atoms with Crippen LogP contribution in [0.1, 0.15) is 30.1 Å². The maximum atomic E-state index is 12.6. The van der Waals surface area contributed by atoms with Gasteiger partial charge in [0.05, 0.1) is 17.6 Å². The van der Waals surface area contributed by atoms with E-state index in [9.17, 15) is 14.4 Å². The summed E-state index contributed by atoms with van der Waals surface area (Å²) in [5, 5.41) is 12.4. The van der Waals surface area contributed by atoms with Crippen LogP contribution in [0, 0.1) is 0 Å². The van der Waals surface area contributed by atoms with Crippen molar-refractivity contribution in [2.45, 2.75) is 24.4 Å². The Hall–Kier alpha value is -4.87. The highest BCUT2D eigenvalue weighted by Crippen LogP contribution is 2.36. The molecule has 4 amide bonds. The van der Waals surface area contributed by atoms with E-state index in [-0.39, 0.29) is 6.04 Å². The molecule has 3 aliphatic rings. The van der Waals surface area contributed by atoms with E-state index < -0.39 is 23.4 Å². The zero-order valence-corrected chi connectivity index (χ0v) is 19.5. The second-order valence-corrected chi connectivity index (χ2v) is 8.74. The SMILES string of the molecule is O=C1NC(=O)C2(CCCN2c2ccc(Oc3ccc(C4=NC(c5cccnn5)CO4)cc3)nc2)C(=O)N1. The Morgan fingerprint density at radius 3 is 2.54 bits per heavy atom. The lowest BCUT2D eigenvalue weighted by molar-refractivity contribution is -0.137. The van der Waals surface area contributed by atoms with E-state index in [1.165, 1.54) is 0 Å². The largest absolute Gasteiger partial charge is 0.475 e. The molecule has 37 heavy (non-hydrogen) atoms. The van der Waals surface area contributed by atoms with E-state index in [1.807, 2.05) is 24.3 Å². The first-order valence-corrected chi connectivity index (χ1v) is 11.7. The number of carbonyl (C=O) groups is 3. The van der Waals surface area contributed by atoms with Crippen molar-refractivity contribution in [3.8, 4) is 11.6 Å². The molecule has 2 N–H and O–H groups in total. The van der Waals surface area contributed by atoms with Gasteiger partial charge in [-0.2, -0.15) is 10.2 Å². The first-order chi connectivity index (χ1) is 18.0. The summed E-state index contributed by atoms with van der Waals surface area (Å²) in [4.78, 5) is 47.4. The highest BCUT2D eigenvalue weighted by atomic mass is 16.5. The van der Waals surface area contributed by atoms with Crippen LogP contribution < -0.4 is 20.3 Å². The smallest absolute Gasteiger partial charge is 0.328 e. The highest BCUT2D eigenvalue weighted by molar-refractivity contribution is 6.24. The number of anilines is 1. The number of hydrogen-bond donors (Lipinski definition) is 2. The van der Waals surface area contributed by atoms with Gasteiger partial charge in [0.2, 0.25) is 11.8 Å². The van der Waals surface area contributed by atoms with Crippen LogP contribution in [0.25, 0.3) is 0 Å². The summed E-state index contributed by atoms with van der Waals surface area (Å²) in [7, 11) is 0. The number of aliphatic imine (C=N–C) groups is 1. The molecular weight excluding hydrogens is 478 g/mol. The van der Waals surface area contributed by atoms with Crippen molar-refractivity contribution in [1.82, 2.24) is 25.8 Å². The van der Waals surface area contributed by atoms with Crippen molar-refractivity contribution in [3.05, 3.63) is 72.2 Å². The van der Waals surface area contributed by atoms with Crippen LogP contribution in [-0.2, 0) is 14.3 Å². The Morgan fingerprint density at radius 2 is 1.84 bits per heavy atom. The number of benzene rings is 1. The summed E-state index contributed by atoms with van der Waals surface area (Å²) < 4.78 is 11.6. The summed E-state index contributed by atoms with van der Waals surface area (Å²) in [6.45, 7) is 0.877. The molecule has 6 rings (SSSR count). The van der Waals surface area contributed by atoms with Crippen LogP contribution in [0.15, 0.2) is 65.9 Å². The molecule has 3 aromatic rings. The number of nitrogens with one attached hydrogen (secondary N) is 2. The fourth-order valence-corrected chi connectivity index (χ4v) is 4.74. The number of barbiturate groups is 1. The number of carbonyl (C=O) groups excluding carboxylic acids is 3. The van der Waals surface area contributed by atoms with Crippen LogP contribution in [-0.4, -0.2) is 57.6 Å². The van der Waals surface area contributed by atoms with E-state index >= 15 is 0 Å². The molecule has 3 aliphatic heterocycles.